The minimum absolute atomic E-state index is 0.191. The summed E-state index contributed by atoms with van der Waals surface area (Å²) < 4.78 is 1.95. The number of aliphatic imine (C=N–C) groups is 1. The van der Waals surface area contributed by atoms with Gasteiger partial charge in [0.15, 0.2) is 0 Å². The smallest absolute Gasteiger partial charge is 0.299 e. The molecule has 0 aromatic carbocycles. The Hall–Kier alpha value is -1.76. The van der Waals surface area contributed by atoms with Crippen molar-refractivity contribution in [2.24, 2.45) is 4.99 Å². The molecule has 0 radical (unpaired) electrons. The molecule has 3 aliphatic rings. The molecule has 3 aliphatic heterocycles. The third kappa shape index (κ3) is 2.46. The number of amidine groups is 1. The maximum absolute atomic E-state index is 12.3. The normalized spacial score (nSPS) is 26.9. The van der Waals surface area contributed by atoms with E-state index in [1.54, 1.807) is 13.4 Å². The average molecular weight is 292 g/mol. The van der Waals surface area contributed by atoms with Gasteiger partial charge in [-0.15, -0.1) is 0 Å². The number of imide groups is 1. The third-order valence-electron chi connectivity index (χ3n) is 4.52. The van der Waals surface area contributed by atoms with Crippen LogP contribution in [0, 0.1) is 0 Å². The highest BCUT2D eigenvalue weighted by atomic mass is 16.2. The Labute approximate surface area is 124 Å². The van der Waals surface area contributed by atoms with Crippen molar-refractivity contribution >= 4 is 24.1 Å². The molecular weight excluding hydrogens is 270 g/mol. The van der Waals surface area contributed by atoms with Gasteiger partial charge in [-0.2, -0.15) is 0 Å². The molecule has 0 spiro atoms. The lowest BCUT2D eigenvalue weighted by Gasteiger charge is -2.31. The van der Waals surface area contributed by atoms with Gasteiger partial charge in [0, 0.05) is 20.6 Å². The first-order valence-electron chi connectivity index (χ1n) is 7.54. The van der Waals surface area contributed by atoms with Crippen molar-refractivity contribution in [3.05, 3.63) is 0 Å². The highest BCUT2D eigenvalue weighted by Gasteiger charge is 2.50. The van der Waals surface area contributed by atoms with Crippen LogP contribution in [-0.2, 0) is 4.79 Å². The summed E-state index contributed by atoms with van der Waals surface area (Å²) in [6.07, 6.45) is 5.53. The molecule has 3 heterocycles. The van der Waals surface area contributed by atoms with Crippen LogP contribution in [0.2, 0.25) is 0 Å². The Morgan fingerprint density at radius 2 is 1.90 bits per heavy atom. The van der Waals surface area contributed by atoms with Crippen molar-refractivity contribution in [1.82, 2.24) is 14.7 Å². The van der Waals surface area contributed by atoms with Gasteiger partial charge < -0.3 is 0 Å². The number of piperidine rings is 1. The highest BCUT2D eigenvalue weighted by molar-refractivity contribution is 6.21. The number of carbonyl (C=O) groups excluding carboxylic acids is 2. The van der Waals surface area contributed by atoms with Crippen LogP contribution in [0.4, 0.5) is 4.79 Å². The quantitative estimate of drug-likeness (QED) is 0.678. The Balaban J connectivity index is 1.66. The fraction of sp³-hybridized carbons (Fsp3) is 0.714. The van der Waals surface area contributed by atoms with Crippen LogP contribution in [0.5, 0.6) is 0 Å². The van der Waals surface area contributed by atoms with E-state index >= 15 is 0 Å². The number of likely N-dealkylation sites (tertiary alicyclic amines) is 1. The molecule has 1 unspecified atom stereocenters. The summed E-state index contributed by atoms with van der Waals surface area (Å²) in [6.45, 7) is 3.97. The van der Waals surface area contributed by atoms with E-state index in [9.17, 15) is 9.59 Å². The van der Waals surface area contributed by atoms with Gasteiger partial charge in [0.25, 0.3) is 24.1 Å². The van der Waals surface area contributed by atoms with E-state index in [1.165, 1.54) is 36.1 Å². The first-order chi connectivity index (χ1) is 10.1. The van der Waals surface area contributed by atoms with Crippen LogP contribution in [0.3, 0.4) is 0 Å². The van der Waals surface area contributed by atoms with E-state index in [1.807, 2.05) is 4.58 Å². The lowest BCUT2D eigenvalue weighted by Crippen LogP contribution is -2.61. The van der Waals surface area contributed by atoms with E-state index < -0.39 is 6.04 Å². The number of nitrogens with zero attached hydrogens (tertiary/aromatic N) is 5. The molecular formula is C14H22N5O2+. The second-order valence-electron chi connectivity index (χ2n) is 5.88. The van der Waals surface area contributed by atoms with Gasteiger partial charge in [-0.3, -0.25) is 19.5 Å². The molecule has 3 rings (SSSR count). The van der Waals surface area contributed by atoms with Gasteiger partial charge in [-0.25, -0.2) is 9.37 Å². The molecule has 2 fully saturated rings. The van der Waals surface area contributed by atoms with Crippen molar-refractivity contribution in [3.8, 4) is 0 Å². The summed E-state index contributed by atoms with van der Waals surface area (Å²) in [5.41, 5.74) is 0. The number of fused-ring (bicyclic) bond motifs is 1. The van der Waals surface area contributed by atoms with Crippen LogP contribution in [0.15, 0.2) is 4.99 Å². The fourth-order valence-electron chi connectivity index (χ4n) is 3.17. The second kappa shape index (κ2) is 5.55. The van der Waals surface area contributed by atoms with Gasteiger partial charge in [0.2, 0.25) is 0 Å². The predicted molar refractivity (Wildman–Crippen MR) is 78.6 cm³/mol. The highest BCUT2D eigenvalue weighted by Crippen LogP contribution is 2.17. The molecule has 0 bridgehead atoms. The summed E-state index contributed by atoms with van der Waals surface area (Å²) in [7, 11) is 3.19. The topological polar surface area (TPSA) is 59.2 Å². The monoisotopic (exact) mass is 292 g/mol. The molecule has 7 heteroatoms. The lowest BCUT2D eigenvalue weighted by molar-refractivity contribution is -0.531. The average Bonchev–Trinajstić information content (AvgIpc) is 2.94. The standard InChI is InChI=1S/C14H22N5O2/c1-16-12-11(13(20)17(2)14(16)21)19(10-15-12)9-8-18-6-4-3-5-7-18/h10-11H,3-9H2,1-2H3/q+1. The molecule has 7 nitrogen and oxygen atoms in total. The van der Waals surface area contributed by atoms with E-state index in [-0.39, 0.29) is 11.9 Å². The van der Waals surface area contributed by atoms with Crippen LogP contribution in [0.1, 0.15) is 19.3 Å². The summed E-state index contributed by atoms with van der Waals surface area (Å²) in [5, 5.41) is 0. The van der Waals surface area contributed by atoms with Crippen LogP contribution >= 0.6 is 0 Å². The van der Waals surface area contributed by atoms with E-state index in [0.29, 0.717) is 5.84 Å². The molecule has 2 saturated heterocycles. The zero-order chi connectivity index (χ0) is 15.0. The minimum Gasteiger partial charge on any atom is -0.299 e. The van der Waals surface area contributed by atoms with E-state index in [2.05, 4.69) is 9.89 Å². The molecule has 0 aliphatic carbocycles. The van der Waals surface area contributed by atoms with Crippen molar-refractivity contribution in [3.63, 3.8) is 0 Å². The van der Waals surface area contributed by atoms with Gasteiger partial charge in [0.05, 0.1) is 6.54 Å². The lowest BCUT2D eigenvalue weighted by atomic mass is 10.1. The predicted octanol–water partition coefficient (Wildman–Crippen LogP) is -0.182. The van der Waals surface area contributed by atoms with Crippen molar-refractivity contribution in [2.75, 3.05) is 40.3 Å². The first kappa shape index (κ1) is 14.2. The summed E-state index contributed by atoms with van der Waals surface area (Å²) in [5.74, 6) is 0.353. The van der Waals surface area contributed by atoms with Gasteiger partial charge in [-0.1, -0.05) is 6.42 Å². The van der Waals surface area contributed by atoms with Gasteiger partial charge in [-0.05, 0) is 30.9 Å². The van der Waals surface area contributed by atoms with Crippen LogP contribution in [0.25, 0.3) is 0 Å². The molecule has 3 amide bonds. The Morgan fingerprint density at radius 1 is 1.19 bits per heavy atom. The van der Waals surface area contributed by atoms with Crippen LogP contribution in [-0.4, -0.2) is 89.7 Å². The number of carbonyl (C=O) groups is 2. The van der Waals surface area contributed by atoms with Crippen molar-refractivity contribution < 1.29 is 14.2 Å². The molecule has 1 atom stereocenters. The molecule has 0 N–H and O–H groups in total. The summed E-state index contributed by atoms with van der Waals surface area (Å²) >= 11 is 0. The molecule has 21 heavy (non-hydrogen) atoms. The van der Waals surface area contributed by atoms with E-state index in [0.717, 1.165) is 26.2 Å². The number of likely N-dealkylation sites (N-methyl/N-ethyl adjacent to an activating group) is 2. The largest absolute Gasteiger partial charge is 0.333 e. The zero-order valence-electron chi connectivity index (χ0n) is 12.7. The van der Waals surface area contributed by atoms with Gasteiger partial charge >= 0.3 is 6.03 Å². The Morgan fingerprint density at radius 3 is 2.62 bits per heavy atom. The maximum atomic E-state index is 12.3. The third-order valence-corrected chi connectivity index (χ3v) is 4.52. The Kier molecular flexibility index (Phi) is 3.75. The summed E-state index contributed by atoms with van der Waals surface area (Å²) in [4.78, 5) is 33.6. The zero-order valence-corrected chi connectivity index (χ0v) is 12.7. The number of hydrogen-bond donors (Lipinski definition) is 0. The minimum atomic E-state index is -0.442. The van der Waals surface area contributed by atoms with Crippen molar-refractivity contribution in [1.29, 1.82) is 0 Å². The number of urea groups is 1. The van der Waals surface area contributed by atoms with E-state index in [4.69, 9.17) is 0 Å². The second-order valence-corrected chi connectivity index (χ2v) is 5.88. The molecule has 114 valence electrons. The molecule has 0 saturated carbocycles. The van der Waals surface area contributed by atoms with Gasteiger partial charge in [0.1, 0.15) is 0 Å². The van der Waals surface area contributed by atoms with Crippen molar-refractivity contribution in [2.45, 2.75) is 25.3 Å². The maximum Gasteiger partial charge on any atom is 0.333 e. The fourth-order valence-corrected chi connectivity index (χ4v) is 3.17. The number of amides is 3. The van der Waals surface area contributed by atoms with Crippen LogP contribution < -0.4 is 0 Å². The molecule has 0 aromatic rings. The first-order valence-corrected chi connectivity index (χ1v) is 7.54. The SMILES string of the molecule is CN1C(=O)C2C(=NC=[N+]2CCN2CCCCC2)N(C)C1=O. The Bertz CT molecular complexity index is 521. The summed E-state index contributed by atoms with van der Waals surface area (Å²) in [6, 6.07) is -0.760. The molecule has 0 aromatic heterocycles. The number of hydrogen-bond acceptors (Lipinski definition) is 4. The number of rotatable bonds is 3.